The van der Waals surface area contributed by atoms with E-state index in [2.05, 4.69) is 20.2 Å². The lowest BCUT2D eigenvalue weighted by Crippen LogP contribution is -2.42. The minimum absolute atomic E-state index is 0. The van der Waals surface area contributed by atoms with Crippen LogP contribution in [0.2, 0.25) is 0 Å². The third-order valence-corrected chi connectivity index (χ3v) is 6.64. The normalized spacial score (nSPS) is 15.4. The monoisotopic (exact) mass is 429 g/mol. The second kappa shape index (κ2) is 7.94. The summed E-state index contributed by atoms with van der Waals surface area (Å²) in [6, 6.07) is 9.38. The summed E-state index contributed by atoms with van der Waals surface area (Å²) in [6.07, 6.45) is 3.90. The molecule has 1 aliphatic heterocycles. The van der Waals surface area contributed by atoms with Crippen molar-refractivity contribution < 1.29 is 14.3 Å². The Balaban J connectivity index is 0.00000272. The van der Waals surface area contributed by atoms with Crippen molar-refractivity contribution in [2.24, 2.45) is 0 Å². The average molecular weight is 430 g/mol. The van der Waals surface area contributed by atoms with Crippen LogP contribution in [-0.2, 0) is 10.2 Å². The van der Waals surface area contributed by atoms with E-state index in [0.717, 1.165) is 11.1 Å². The van der Waals surface area contributed by atoms with Crippen molar-refractivity contribution >= 4 is 21.6 Å². The third kappa shape index (κ3) is 3.82. The van der Waals surface area contributed by atoms with Crippen molar-refractivity contribution in [2.75, 3.05) is 32.9 Å². The zero-order valence-corrected chi connectivity index (χ0v) is 17.4. The van der Waals surface area contributed by atoms with E-state index in [1.165, 1.54) is 22.7 Å². The van der Waals surface area contributed by atoms with Gasteiger partial charge in [0, 0.05) is 34.2 Å². The molecule has 0 saturated heterocycles. The van der Waals surface area contributed by atoms with Crippen LogP contribution in [0.25, 0.3) is 28.6 Å². The van der Waals surface area contributed by atoms with Crippen molar-refractivity contribution in [3.05, 3.63) is 48.3 Å². The van der Waals surface area contributed by atoms with E-state index in [4.69, 9.17) is 10.2 Å². The Morgan fingerprint density at radius 3 is 2.57 bits per heavy atom. The van der Waals surface area contributed by atoms with Gasteiger partial charge in [0.15, 0.2) is 11.5 Å². The van der Waals surface area contributed by atoms with Gasteiger partial charge in [0.05, 0.1) is 11.9 Å². The van der Waals surface area contributed by atoms with E-state index in [1.54, 1.807) is 6.20 Å². The van der Waals surface area contributed by atoms with E-state index in [1.807, 2.05) is 36.4 Å². The molecule has 0 atom stereocenters. The number of benzene rings is 1. The topological polar surface area (TPSA) is 131 Å². The van der Waals surface area contributed by atoms with Gasteiger partial charge in [-0.15, -0.1) is 10.2 Å². The molecule has 3 aromatic rings. The number of hydrogen-bond donors (Lipinski definition) is 1. The van der Waals surface area contributed by atoms with Gasteiger partial charge in [0.25, 0.3) is 16.1 Å². The molecular weight excluding hydrogens is 406 g/mol. The molecule has 3 heterocycles. The summed E-state index contributed by atoms with van der Waals surface area (Å²) in [7, 11) is -0.426. The Morgan fingerprint density at radius 2 is 1.90 bits per heavy atom. The summed E-state index contributed by atoms with van der Waals surface area (Å²) in [5.74, 6) is 0.711. The zero-order chi connectivity index (χ0) is 21.3. The molecule has 0 saturated carbocycles. The SMILES string of the molecule is CN(C)S(=O)(=O)N1CC=C(c2cnc(N)c(-c3nnc(-c4ccccc4)o3)n2)CC1.[HH]. The first kappa shape index (κ1) is 20.1. The van der Waals surface area contributed by atoms with Crippen molar-refractivity contribution in [1.82, 2.24) is 28.8 Å². The summed E-state index contributed by atoms with van der Waals surface area (Å²) in [6.45, 7) is 0.613. The third-order valence-electron chi connectivity index (χ3n) is 4.74. The van der Waals surface area contributed by atoms with Crippen LogP contribution in [0, 0.1) is 0 Å². The molecule has 1 aliphatic rings. The molecule has 0 unspecified atom stereocenters. The second-order valence-electron chi connectivity index (χ2n) is 6.90. The Kier molecular flexibility index (Phi) is 5.33. The fourth-order valence-electron chi connectivity index (χ4n) is 3.05. The minimum Gasteiger partial charge on any atom is -0.414 e. The molecule has 0 bridgehead atoms. The average Bonchev–Trinajstić information content (AvgIpc) is 3.25. The number of nitrogens with zero attached hydrogens (tertiary/aromatic N) is 6. The van der Waals surface area contributed by atoms with Crippen LogP contribution in [0.5, 0.6) is 0 Å². The molecule has 0 fully saturated rings. The largest absolute Gasteiger partial charge is 0.414 e. The molecule has 10 nitrogen and oxygen atoms in total. The summed E-state index contributed by atoms with van der Waals surface area (Å²) < 4.78 is 32.9. The molecule has 0 amide bonds. The number of rotatable bonds is 5. The van der Waals surface area contributed by atoms with Crippen LogP contribution in [0.3, 0.4) is 0 Å². The van der Waals surface area contributed by atoms with Crippen LogP contribution >= 0.6 is 0 Å². The first-order chi connectivity index (χ1) is 14.4. The molecule has 11 heteroatoms. The van der Waals surface area contributed by atoms with Crippen molar-refractivity contribution in [3.63, 3.8) is 0 Å². The number of anilines is 1. The van der Waals surface area contributed by atoms with Gasteiger partial charge in [-0.1, -0.05) is 24.3 Å². The highest BCUT2D eigenvalue weighted by Crippen LogP contribution is 2.28. The summed E-state index contributed by atoms with van der Waals surface area (Å²) in [4.78, 5) is 8.78. The first-order valence-corrected chi connectivity index (χ1v) is 10.6. The maximum absolute atomic E-state index is 12.3. The Hall–Kier alpha value is -3.15. The van der Waals surface area contributed by atoms with E-state index in [-0.39, 0.29) is 19.7 Å². The van der Waals surface area contributed by atoms with Crippen molar-refractivity contribution in [1.29, 1.82) is 0 Å². The molecule has 158 valence electrons. The fraction of sp³-hybridized carbons (Fsp3) is 0.263. The Labute approximate surface area is 175 Å². The van der Waals surface area contributed by atoms with Gasteiger partial charge in [-0.3, -0.25) is 0 Å². The summed E-state index contributed by atoms with van der Waals surface area (Å²) in [5, 5.41) is 8.13. The van der Waals surface area contributed by atoms with Gasteiger partial charge in [-0.05, 0) is 24.1 Å². The van der Waals surface area contributed by atoms with Gasteiger partial charge >= 0.3 is 0 Å². The van der Waals surface area contributed by atoms with Crippen LogP contribution in [-0.4, -0.2) is 64.4 Å². The Bertz CT molecular complexity index is 1200. The molecule has 30 heavy (non-hydrogen) atoms. The van der Waals surface area contributed by atoms with E-state index < -0.39 is 10.2 Å². The summed E-state index contributed by atoms with van der Waals surface area (Å²) in [5.41, 5.74) is 8.57. The second-order valence-corrected chi connectivity index (χ2v) is 9.04. The molecule has 0 spiro atoms. The molecule has 2 aromatic heterocycles. The number of aromatic nitrogens is 4. The quantitative estimate of drug-likeness (QED) is 0.651. The van der Waals surface area contributed by atoms with Gasteiger partial charge in [-0.25, -0.2) is 9.97 Å². The van der Waals surface area contributed by atoms with Gasteiger partial charge < -0.3 is 10.2 Å². The van der Waals surface area contributed by atoms with Crippen molar-refractivity contribution in [2.45, 2.75) is 6.42 Å². The number of hydrogen-bond acceptors (Lipinski definition) is 8. The highest BCUT2D eigenvalue weighted by atomic mass is 32.2. The fourth-order valence-corrected chi connectivity index (χ4v) is 4.10. The first-order valence-electron chi connectivity index (χ1n) is 9.25. The van der Waals surface area contributed by atoms with Crippen LogP contribution in [0.4, 0.5) is 5.82 Å². The molecule has 4 rings (SSSR count). The highest BCUT2D eigenvalue weighted by molar-refractivity contribution is 7.86. The molecule has 0 radical (unpaired) electrons. The summed E-state index contributed by atoms with van der Waals surface area (Å²) >= 11 is 0. The predicted molar refractivity (Wildman–Crippen MR) is 114 cm³/mol. The molecule has 0 aliphatic carbocycles. The molecule has 1 aromatic carbocycles. The molecule has 2 N–H and O–H groups in total. The van der Waals surface area contributed by atoms with Gasteiger partial charge in [-0.2, -0.15) is 17.0 Å². The lowest BCUT2D eigenvalue weighted by atomic mass is 10.1. The highest BCUT2D eigenvalue weighted by Gasteiger charge is 2.27. The minimum atomic E-state index is -3.45. The molecular formula is C19H23N7O3S. The number of nitrogen functional groups attached to an aromatic ring is 1. The predicted octanol–water partition coefficient (Wildman–Crippen LogP) is 1.92. The van der Waals surface area contributed by atoms with Crippen LogP contribution < -0.4 is 5.73 Å². The van der Waals surface area contributed by atoms with Crippen LogP contribution in [0.1, 0.15) is 13.5 Å². The van der Waals surface area contributed by atoms with Gasteiger partial charge in [0.2, 0.25) is 5.89 Å². The van der Waals surface area contributed by atoms with Gasteiger partial charge in [0.1, 0.15) is 0 Å². The lowest BCUT2D eigenvalue weighted by Gasteiger charge is -2.28. The lowest BCUT2D eigenvalue weighted by molar-refractivity contribution is 0.396. The van der Waals surface area contributed by atoms with Crippen LogP contribution in [0.15, 0.2) is 47.0 Å². The maximum Gasteiger partial charge on any atom is 0.281 e. The van der Waals surface area contributed by atoms with Crippen molar-refractivity contribution in [3.8, 4) is 23.0 Å². The standard InChI is InChI=1S/C19H21N7O3S.H2/c1-25(2)30(27,28)26-10-8-13(9-11-26)15-12-21-17(20)16(22-15)19-24-23-18(29-19)14-6-4-3-5-7-14;/h3-8,12H,9-11H2,1-2H3,(H2,20,21);1H. The zero-order valence-electron chi connectivity index (χ0n) is 16.6. The van der Waals surface area contributed by atoms with E-state index in [0.29, 0.717) is 30.2 Å². The van der Waals surface area contributed by atoms with E-state index >= 15 is 0 Å². The number of nitrogens with two attached hydrogens (primary N) is 1. The maximum atomic E-state index is 12.3. The smallest absolute Gasteiger partial charge is 0.281 e. The Morgan fingerprint density at radius 1 is 1.17 bits per heavy atom. The van der Waals surface area contributed by atoms with E-state index in [9.17, 15) is 8.42 Å².